The smallest absolute Gasteiger partial charge is 0.410 e. The molecule has 1 aromatic rings. The van der Waals surface area contributed by atoms with Crippen LogP contribution in [0, 0.1) is 13.8 Å². The topological polar surface area (TPSA) is 68.3 Å². The zero-order chi connectivity index (χ0) is 24.6. The highest BCUT2D eigenvalue weighted by Crippen LogP contribution is 2.42. The SMILES string of the molecule is Cc1c(OCC2CN(C(=O)OC(C)(C)C)CCO2)ccc(C(C)N2C3CCC2CC(=O)C3)c1C. The molecule has 7 nitrogen and oxygen atoms in total. The van der Waals surface area contributed by atoms with E-state index in [9.17, 15) is 9.59 Å². The summed E-state index contributed by atoms with van der Waals surface area (Å²) in [5, 5.41) is 0. The maximum Gasteiger partial charge on any atom is 0.410 e. The van der Waals surface area contributed by atoms with Gasteiger partial charge in [0.15, 0.2) is 0 Å². The third-order valence-corrected chi connectivity index (χ3v) is 7.49. The van der Waals surface area contributed by atoms with Crippen molar-refractivity contribution < 1.29 is 23.8 Å². The number of benzene rings is 1. The summed E-state index contributed by atoms with van der Waals surface area (Å²) < 4.78 is 17.5. The van der Waals surface area contributed by atoms with Gasteiger partial charge in [0.2, 0.25) is 0 Å². The van der Waals surface area contributed by atoms with Gasteiger partial charge in [-0.05, 0) is 77.1 Å². The Morgan fingerprint density at radius 1 is 1.15 bits per heavy atom. The minimum Gasteiger partial charge on any atom is -0.491 e. The van der Waals surface area contributed by atoms with Crippen molar-refractivity contribution in [3.8, 4) is 5.75 Å². The lowest BCUT2D eigenvalue weighted by atomic mass is 9.92. The van der Waals surface area contributed by atoms with Crippen LogP contribution < -0.4 is 4.74 Å². The first kappa shape index (κ1) is 25.0. The van der Waals surface area contributed by atoms with Crippen molar-refractivity contribution in [2.75, 3.05) is 26.3 Å². The van der Waals surface area contributed by atoms with Crippen LogP contribution >= 0.6 is 0 Å². The number of morpholine rings is 1. The van der Waals surface area contributed by atoms with Crippen LogP contribution in [0.15, 0.2) is 12.1 Å². The third kappa shape index (κ3) is 5.41. The number of nitrogens with zero attached hydrogens (tertiary/aromatic N) is 2. The highest BCUT2D eigenvalue weighted by molar-refractivity contribution is 5.81. The van der Waals surface area contributed by atoms with Gasteiger partial charge in [-0.15, -0.1) is 0 Å². The fourth-order valence-electron chi connectivity index (χ4n) is 5.72. The molecule has 3 heterocycles. The van der Waals surface area contributed by atoms with E-state index in [0.29, 0.717) is 57.0 Å². The van der Waals surface area contributed by atoms with Crippen LogP contribution in [0.4, 0.5) is 4.79 Å². The Kier molecular flexibility index (Phi) is 7.25. The van der Waals surface area contributed by atoms with Crippen molar-refractivity contribution in [2.45, 2.75) is 97.1 Å². The van der Waals surface area contributed by atoms with Gasteiger partial charge in [-0.25, -0.2) is 4.79 Å². The average Bonchev–Trinajstić information content (AvgIpc) is 3.04. The zero-order valence-electron chi connectivity index (χ0n) is 21.6. The molecule has 3 fully saturated rings. The van der Waals surface area contributed by atoms with Crippen LogP contribution in [0.3, 0.4) is 0 Å². The lowest BCUT2D eigenvalue weighted by molar-refractivity contribution is -0.124. The van der Waals surface area contributed by atoms with Crippen LogP contribution in [0.1, 0.15) is 76.1 Å². The van der Waals surface area contributed by atoms with E-state index in [0.717, 1.165) is 24.2 Å². The molecule has 7 heteroatoms. The van der Waals surface area contributed by atoms with Gasteiger partial charge in [0, 0.05) is 37.5 Å². The minimum absolute atomic E-state index is 0.193. The largest absolute Gasteiger partial charge is 0.491 e. The lowest BCUT2D eigenvalue weighted by Gasteiger charge is -2.39. The van der Waals surface area contributed by atoms with Gasteiger partial charge in [-0.3, -0.25) is 9.69 Å². The first-order valence-corrected chi connectivity index (χ1v) is 12.6. The highest BCUT2D eigenvalue weighted by Gasteiger charge is 2.42. The molecule has 0 aliphatic carbocycles. The van der Waals surface area contributed by atoms with Gasteiger partial charge in [0.25, 0.3) is 0 Å². The average molecular weight is 473 g/mol. The Morgan fingerprint density at radius 3 is 2.47 bits per heavy atom. The van der Waals surface area contributed by atoms with Crippen molar-refractivity contribution in [1.82, 2.24) is 9.80 Å². The maximum atomic E-state index is 12.4. The molecule has 3 aliphatic rings. The molecule has 0 radical (unpaired) electrons. The summed E-state index contributed by atoms with van der Waals surface area (Å²) in [6.45, 7) is 14.0. The second-order valence-electron chi connectivity index (χ2n) is 11.1. The molecule has 188 valence electrons. The minimum atomic E-state index is -0.516. The molecule has 0 spiro atoms. The molecule has 1 aromatic carbocycles. The number of hydrogen-bond acceptors (Lipinski definition) is 6. The maximum absolute atomic E-state index is 12.4. The van der Waals surface area contributed by atoms with Gasteiger partial charge in [-0.1, -0.05) is 6.07 Å². The molecular formula is C27H40N2O5. The van der Waals surface area contributed by atoms with Crippen molar-refractivity contribution >= 4 is 11.9 Å². The van der Waals surface area contributed by atoms with Crippen molar-refractivity contribution in [1.29, 1.82) is 0 Å². The van der Waals surface area contributed by atoms with Crippen molar-refractivity contribution in [3.63, 3.8) is 0 Å². The Balaban J connectivity index is 1.38. The number of ether oxygens (including phenoxy) is 3. The standard InChI is InChI=1S/C27H40N2O5/c1-17-18(2)25(33-16-23-15-28(11-12-32-23)26(31)34-27(4,5)6)10-9-24(17)19(3)29-20-7-8-21(29)14-22(30)13-20/h9-10,19-21,23H,7-8,11-16H2,1-6H3. The van der Waals surface area contributed by atoms with Crippen LogP contribution in [0.5, 0.6) is 5.75 Å². The molecule has 3 saturated heterocycles. The molecule has 2 bridgehead atoms. The predicted octanol–water partition coefficient (Wildman–Crippen LogP) is 4.58. The van der Waals surface area contributed by atoms with Crippen LogP contribution in [0.25, 0.3) is 0 Å². The van der Waals surface area contributed by atoms with Crippen molar-refractivity contribution in [3.05, 3.63) is 28.8 Å². The monoisotopic (exact) mass is 472 g/mol. The molecule has 4 rings (SSSR count). The Labute approximate surface area is 203 Å². The highest BCUT2D eigenvalue weighted by atomic mass is 16.6. The van der Waals surface area contributed by atoms with Gasteiger partial charge in [0.1, 0.15) is 29.8 Å². The number of Topliss-reactive ketones (excluding diaryl/α,β-unsaturated/α-hetero) is 1. The van der Waals surface area contributed by atoms with E-state index >= 15 is 0 Å². The zero-order valence-corrected chi connectivity index (χ0v) is 21.6. The van der Waals surface area contributed by atoms with Crippen LogP contribution in [0.2, 0.25) is 0 Å². The van der Waals surface area contributed by atoms with Gasteiger partial charge in [0.05, 0.1) is 13.2 Å². The van der Waals surface area contributed by atoms with E-state index < -0.39 is 5.60 Å². The number of piperidine rings is 1. The van der Waals surface area contributed by atoms with Crippen LogP contribution in [-0.4, -0.2) is 71.8 Å². The first-order chi connectivity index (χ1) is 16.0. The Hall–Kier alpha value is -2.12. The van der Waals surface area contributed by atoms with Crippen molar-refractivity contribution in [2.24, 2.45) is 0 Å². The number of ketones is 1. The van der Waals surface area contributed by atoms with Crippen LogP contribution in [-0.2, 0) is 14.3 Å². The van der Waals surface area contributed by atoms with E-state index in [-0.39, 0.29) is 18.2 Å². The molecule has 4 atom stereocenters. The molecule has 34 heavy (non-hydrogen) atoms. The Morgan fingerprint density at radius 2 is 1.82 bits per heavy atom. The first-order valence-electron chi connectivity index (χ1n) is 12.6. The fourth-order valence-corrected chi connectivity index (χ4v) is 5.72. The Bertz CT molecular complexity index is 908. The second-order valence-corrected chi connectivity index (χ2v) is 11.1. The third-order valence-electron chi connectivity index (χ3n) is 7.49. The van der Waals surface area contributed by atoms with E-state index in [1.165, 1.54) is 11.1 Å². The molecule has 3 aliphatic heterocycles. The lowest BCUT2D eigenvalue weighted by Crippen LogP contribution is -2.49. The summed E-state index contributed by atoms with van der Waals surface area (Å²) in [7, 11) is 0. The van der Waals surface area contributed by atoms with E-state index in [1.54, 1.807) is 4.90 Å². The van der Waals surface area contributed by atoms with E-state index in [2.05, 4.69) is 37.8 Å². The number of hydrogen-bond donors (Lipinski definition) is 0. The molecule has 0 saturated carbocycles. The molecule has 1 amide bonds. The summed E-state index contributed by atoms with van der Waals surface area (Å²) in [6, 6.07) is 5.27. The predicted molar refractivity (Wildman–Crippen MR) is 130 cm³/mol. The summed E-state index contributed by atoms with van der Waals surface area (Å²) in [6.07, 6.45) is 3.15. The second kappa shape index (κ2) is 9.86. The van der Waals surface area contributed by atoms with Gasteiger partial charge in [-0.2, -0.15) is 0 Å². The summed E-state index contributed by atoms with van der Waals surface area (Å²) in [4.78, 5) is 28.7. The molecule has 4 unspecified atom stereocenters. The normalized spacial score (nSPS) is 26.5. The quantitative estimate of drug-likeness (QED) is 0.625. The number of carbonyl (C=O) groups is 2. The number of carbonyl (C=O) groups excluding carboxylic acids is 2. The molecular weight excluding hydrogens is 432 g/mol. The molecule has 0 aromatic heterocycles. The number of rotatable bonds is 5. The summed E-state index contributed by atoms with van der Waals surface area (Å²) in [5.41, 5.74) is 3.16. The summed E-state index contributed by atoms with van der Waals surface area (Å²) >= 11 is 0. The van der Waals surface area contributed by atoms with E-state index in [1.807, 2.05) is 20.8 Å². The number of fused-ring (bicyclic) bond motifs is 2. The number of amides is 1. The fraction of sp³-hybridized carbons (Fsp3) is 0.704. The van der Waals surface area contributed by atoms with Gasteiger partial charge >= 0.3 is 6.09 Å². The summed E-state index contributed by atoms with van der Waals surface area (Å²) in [5.74, 6) is 1.27. The molecule has 0 N–H and O–H groups in total. The van der Waals surface area contributed by atoms with Gasteiger partial charge < -0.3 is 19.1 Å². The van der Waals surface area contributed by atoms with E-state index in [4.69, 9.17) is 14.2 Å².